The Labute approximate surface area is 133 Å². The molecule has 1 heterocycles. The van der Waals surface area contributed by atoms with Gasteiger partial charge >= 0.3 is 10.1 Å². The summed E-state index contributed by atoms with van der Waals surface area (Å²) in [5.74, 6) is -10.7. The van der Waals surface area contributed by atoms with Crippen LogP contribution >= 0.6 is 0 Å². The van der Waals surface area contributed by atoms with Gasteiger partial charge in [0.25, 0.3) is 11.8 Å². The summed E-state index contributed by atoms with van der Waals surface area (Å²) < 4.78 is 82.6. The summed E-state index contributed by atoms with van der Waals surface area (Å²) in [5.41, 5.74) is -1.39. The lowest BCUT2D eigenvalue weighted by Gasteiger charge is -2.15. The number of rotatable bonds is 3. The highest BCUT2D eigenvalue weighted by atomic mass is 32.2. The van der Waals surface area contributed by atoms with Crippen molar-refractivity contribution in [1.82, 2.24) is 5.06 Å². The number of hydrogen-bond acceptors (Lipinski definition) is 5. The number of hydrogen-bond donors (Lipinski definition) is 0. The van der Waals surface area contributed by atoms with E-state index in [4.69, 9.17) is 0 Å². The molecule has 1 aromatic rings. The number of amides is 2. The Morgan fingerprint density at radius 3 is 1.54 bits per heavy atom. The molecular formula is C13H9F4NO5S. The van der Waals surface area contributed by atoms with E-state index in [-0.39, 0.29) is 16.2 Å². The summed E-state index contributed by atoms with van der Waals surface area (Å²) in [6.45, 7) is 3.08. The Morgan fingerprint density at radius 2 is 1.17 bits per heavy atom. The fourth-order valence-corrected chi connectivity index (χ4v) is 2.89. The Morgan fingerprint density at radius 1 is 0.792 bits per heavy atom. The van der Waals surface area contributed by atoms with Crippen LogP contribution in [0.4, 0.5) is 17.6 Å². The van der Waals surface area contributed by atoms with E-state index in [0.717, 1.165) is 0 Å². The lowest BCUT2D eigenvalue weighted by molar-refractivity contribution is -0.162. The molecule has 11 heteroatoms. The molecule has 2 rings (SSSR count). The van der Waals surface area contributed by atoms with E-state index < -0.39 is 55.7 Å². The Bertz CT molecular complexity index is 870. The van der Waals surface area contributed by atoms with E-state index in [1.54, 1.807) is 0 Å². The maximum atomic E-state index is 13.8. The summed E-state index contributed by atoms with van der Waals surface area (Å²) in [7, 11) is -5.55. The topological polar surface area (TPSA) is 80.8 Å². The maximum Gasteiger partial charge on any atom is 0.324 e. The Kier molecular flexibility index (Phi) is 4.27. The highest BCUT2D eigenvalue weighted by molar-refractivity contribution is 7.86. The molecule has 1 aliphatic heterocycles. The van der Waals surface area contributed by atoms with Gasteiger partial charge < -0.3 is 0 Å². The van der Waals surface area contributed by atoms with Gasteiger partial charge in [-0.3, -0.25) is 9.59 Å². The number of benzene rings is 1. The van der Waals surface area contributed by atoms with E-state index in [0.29, 0.717) is 6.92 Å². The van der Waals surface area contributed by atoms with Crippen LogP contribution in [0, 0.1) is 30.2 Å². The predicted octanol–water partition coefficient (Wildman–Crippen LogP) is 1.88. The molecule has 2 amide bonds. The average molecular weight is 367 g/mol. The fraction of sp³-hybridized carbons (Fsp3) is 0.231. The summed E-state index contributed by atoms with van der Waals surface area (Å²) in [6.07, 6.45) is 0. The minimum Gasteiger partial charge on any atom is -0.267 e. The van der Waals surface area contributed by atoms with Gasteiger partial charge in [0.1, 0.15) is 0 Å². The van der Waals surface area contributed by atoms with Gasteiger partial charge in [0.15, 0.2) is 28.2 Å². The van der Waals surface area contributed by atoms with E-state index in [2.05, 4.69) is 4.28 Å². The molecule has 0 radical (unpaired) electrons. The monoisotopic (exact) mass is 367 g/mol. The molecule has 0 aromatic heterocycles. The summed E-state index contributed by atoms with van der Waals surface area (Å²) in [4.78, 5) is 21.4. The molecular weight excluding hydrogens is 358 g/mol. The SMILES string of the molecule is CC1=C(C)C(=O)N(OS(=O)(=O)c2c(F)c(F)c(C)c(F)c2F)C1=O. The first-order chi connectivity index (χ1) is 10.9. The molecule has 130 valence electrons. The van der Waals surface area contributed by atoms with Gasteiger partial charge in [0, 0.05) is 16.7 Å². The van der Waals surface area contributed by atoms with Crippen LogP contribution < -0.4 is 0 Å². The van der Waals surface area contributed by atoms with Gasteiger partial charge in [0.05, 0.1) is 0 Å². The zero-order valence-electron chi connectivity index (χ0n) is 12.4. The molecule has 0 bridgehead atoms. The Balaban J connectivity index is 2.55. The van der Waals surface area contributed by atoms with Gasteiger partial charge in [-0.15, -0.1) is 9.35 Å². The van der Waals surface area contributed by atoms with Gasteiger partial charge in [-0.05, 0) is 20.8 Å². The maximum absolute atomic E-state index is 13.8. The van der Waals surface area contributed by atoms with Crippen molar-refractivity contribution in [1.29, 1.82) is 0 Å². The molecule has 0 aliphatic carbocycles. The smallest absolute Gasteiger partial charge is 0.267 e. The second-order valence-corrected chi connectivity index (χ2v) is 6.36. The van der Waals surface area contributed by atoms with Crippen molar-refractivity contribution < 1.29 is 39.9 Å². The van der Waals surface area contributed by atoms with Crippen LogP contribution in [-0.4, -0.2) is 25.3 Å². The molecule has 0 saturated carbocycles. The molecule has 0 fully saturated rings. The minimum absolute atomic E-state index is 0.155. The molecule has 0 saturated heterocycles. The van der Waals surface area contributed by atoms with Crippen molar-refractivity contribution in [3.05, 3.63) is 40.0 Å². The van der Waals surface area contributed by atoms with E-state index >= 15 is 0 Å². The lowest BCUT2D eigenvalue weighted by atomic mass is 10.2. The third-order valence-electron chi connectivity index (χ3n) is 3.44. The number of hydroxylamine groups is 2. The lowest BCUT2D eigenvalue weighted by Crippen LogP contribution is -2.35. The standard InChI is InChI=1S/C13H9F4NO5S/c1-4-5(2)13(20)18(12(4)19)23-24(21,22)11-9(16)7(14)6(3)8(15)10(11)17/h1-3H3. The van der Waals surface area contributed by atoms with E-state index in [1.165, 1.54) is 13.8 Å². The van der Waals surface area contributed by atoms with Crippen LogP contribution in [0.15, 0.2) is 16.0 Å². The number of nitrogens with zero attached hydrogens (tertiary/aromatic N) is 1. The molecule has 1 aliphatic rings. The molecule has 6 nitrogen and oxygen atoms in total. The van der Waals surface area contributed by atoms with Gasteiger partial charge in [-0.1, -0.05) is 0 Å². The van der Waals surface area contributed by atoms with Crippen molar-refractivity contribution in [2.45, 2.75) is 25.7 Å². The zero-order chi connectivity index (χ0) is 18.6. The van der Waals surface area contributed by atoms with Crippen LogP contribution in [0.25, 0.3) is 0 Å². The first kappa shape index (κ1) is 18.1. The van der Waals surface area contributed by atoms with Crippen LogP contribution in [0.2, 0.25) is 0 Å². The fourth-order valence-electron chi connectivity index (χ4n) is 1.86. The van der Waals surface area contributed by atoms with E-state index in [1.807, 2.05) is 0 Å². The van der Waals surface area contributed by atoms with E-state index in [9.17, 15) is 35.6 Å². The average Bonchev–Trinajstić information content (AvgIpc) is 2.68. The van der Waals surface area contributed by atoms with Crippen LogP contribution in [0.3, 0.4) is 0 Å². The molecule has 0 unspecified atom stereocenters. The molecule has 24 heavy (non-hydrogen) atoms. The molecule has 1 aromatic carbocycles. The summed E-state index contributed by atoms with van der Waals surface area (Å²) in [6, 6.07) is 0. The van der Waals surface area contributed by atoms with Crippen molar-refractivity contribution >= 4 is 21.9 Å². The minimum atomic E-state index is -5.55. The first-order valence-electron chi connectivity index (χ1n) is 6.25. The highest BCUT2D eigenvalue weighted by Crippen LogP contribution is 2.30. The van der Waals surface area contributed by atoms with Crippen LogP contribution in [0.5, 0.6) is 0 Å². The molecule has 0 N–H and O–H groups in total. The largest absolute Gasteiger partial charge is 0.324 e. The van der Waals surface area contributed by atoms with Crippen LogP contribution in [0.1, 0.15) is 19.4 Å². The Hall–Kier alpha value is -2.27. The van der Waals surface area contributed by atoms with Crippen molar-refractivity contribution in [2.75, 3.05) is 0 Å². The third kappa shape index (κ3) is 2.49. The number of imide groups is 1. The highest BCUT2D eigenvalue weighted by Gasteiger charge is 2.41. The van der Waals surface area contributed by atoms with Crippen molar-refractivity contribution in [3.8, 4) is 0 Å². The number of halogens is 4. The normalized spacial score (nSPS) is 15.7. The van der Waals surface area contributed by atoms with Crippen molar-refractivity contribution in [3.63, 3.8) is 0 Å². The first-order valence-corrected chi connectivity index (χ1v) is 7.66. The zero-order valence-corrected chi connectivity index (χ0v) is 13.2. The second kappa shape index (κ2) is 5.67. The van der Waals surface area contributed by atoms with Crippen molar-refractivity contribution in [2.24, 2.45) is 0 Å². The van der Waals surface area contributed by atoms with Gasteiger partial charge in [-0.2, -0.15) is 8.42 Å². The molecule has 0 atom stereocenters. The van der Waals surface area contributed by atoms with Gasteiger partial charge in [0.2, 0.25) is 0 Å². The summed E-state index contributed by atoms with van der Waals surface area (Å²) >= 11 is 0. The second-order valence-electron chi connectivity index (χ2n) is 4.89. The molecule has 0 spiro atoms. The number of carbonyl (C=O) groups is 2. The third-order valence-corrected chi connectivity index (χ3v) is 4.64. The predicted molar refractivity (Wildman–Crippen MR) is 69.5 cm³/mol. The number of carbonyl (C=O) groups excluding carboxylic acids is 2. The van der Waals surface area contributed by atoms with Gasteiger partial charge in [-0.25, -0.2) is 17.6 Å². The van der Waals surface area contributed by atoms with Crippen LogP contribution in [-0.2, 0) is 24.0 Å². The quantitative estimate of drug-likeness (QED) is 0.463. The summed E-state index contributed by atoms with van der Waals surface area (Å²) in [5, 5.41) is -0.255.